The van der Waals surface area contributed by atoms with Gasteiger partial charge in [0.05, 0.1) is 4.47 Å². The van der Waals surface area contributed by atoms with Gasteiger partial charge in [-0.05, 0) is 22.0 Å². The summed E-state index contributed by atoms with van der Waals surface area (Å²) in [5, 5.41) is 0. The van der Waals surface area contributed by atoms with Crippen molar-refractivity contribution in [1.29, 1.82) is 0 Å². The van der Waals surface area contributed by atoms with Gasteiger partial charge in [0.15, 0.2) is 0 Å². The molecular formula is C9H7BrN4. The van der Waals surface area contributed by atoms with Crippen LogP contribution in [0.15, 0.2) is 35.5 Å². The quantitative estimate of drug-likeness (QED) is 0.840. The van der Waals surface area contributed by atoms with E-state index in [-0.39, 0.29) is 0 Å². The van der Waals surface area contributed by atoms with Crippen molar-refractivity contribution in [2.24, 2.45) is 0 Å². The maximum absolute atomic E-state index is 5.66. The van der Waals surface area contributed by atoms with Crippen LogP contribution in [0.25, 0.3) is 11.1 Å². The molecule has 2 rings (SSSR count). The van der Waals surface area contributed by atoms with Crippen molar-refractivity contribution in [3.05, 3.63) is 35.5 Å². The summed E-state index contributed by atoms with van der Waals surface area (Å²) in [6.07, 6.45) is 6.60. The van der Waals surface area contributed by atoms with Gasteiger partial charge in [0, 0.05) is 29.7 Å². The van der Waals surface area contributed by atoms with Gasteiger partial charge in [0.2, 0.25) is 0 Å². The van der Waals surface area contributed by atoms with E-state index >= 15 is 0 Å². The van der Waals surface area contributed by atoms with E-state index in [2.05, 4.69) is 30.9 Å². The highest BCUT2D eigenvalue weighted by molar-refractivity contribution is 9.10. The molecule has 0 unspecified atom stereocenters. The lowest BCUT2D eigenvalue weighted by molar-refractivity contribution is 1.17. The molecule has 0 spiro atoms. The van der Waals surface area contributed by atoms with Crippen LogP contribution in [0.2, 0.25) is 0 Å². The highest BCUT2D eigenvalue weighted by Crippen LogP contribution is 2.29. The van der Waals surface area contributed by atoms with Crippen molar-refractivity contribution in [2.45, 2.75) is 0 Å². The van der Waals surface area contributed by atoms with E-state index in [1.165, 1.54) is 6.33 Å². The molecule has 0 aliphatic heterocycles. The number of rotatable bonds is 1. The molecule has 0 amide bonds. The first-order valence-corrected chi connectivity index (χ1v) is 4.73. The van der Waals surface area contributed by atoms with Gasteiger partial charge in [0.1, 0.15) is 12.1 Å². The fraction of sp³-hybridized carbons (Fsp3) is 0. The summed E-state index contributed by atoms with van der Waals surface area (Å²) < 4.78 is 0.773. The summed E-state index contributed by atoms with van der Waals surface area (Å²) in [6, 6.07) is 1.86. The van der Waals surface area contributed by atoms with Crippen molar-refractivity contribution >= 4 is 21.7 Å². The van der Waals surface area contributed by atoms with Gasteiger partial charge < -0.3 is 5.73 Å². The van der Waals surface area contributed by atoms with Crippen molar-refractivity contribution in [1.82, 2.24) is 15.0 Å². The standard InChI is InChI=1S/C9H7BrN4/c10-8-7(1-2-14-9(8)11)6-3-12-5-13-4-6/h1-5H,(H2,11,14). The number of aromatic nitrogens is 3. The maximum Gasteiger partial charge on any atom is 0.138 e. The molecule has 70 valence electrons. The topological polar surface area (TPSA) is 64.7 Å². The van der Waals surface area contributed by atoms with Crippen LogP contribution in [-0.2, 0) is 0 Å². The average Bonchev–Trinajstić information content (AvgIpc) is 2.23. The Labute approximate surface area is 89.4 Å². The zero-order valence-corrected chi connectivity index (χ0v) is 8.77. The van der Waals surface area contributed by atoms with Gasteiger partial charge in [-0.25, -0.2) is 15.0 Å². The predicted molar refractivity (Wildman–Crippen MR) is 57.4 cm³/mol. The molecule has 5 heteroatoms. The molecule has 0 aliphatic carbocycles. The monoisotopic (exact) mass is 250 g/mol. The number of hydrogen-bond acceptors (Lipinski definition) is 4. The molecule has 0 atom stereocenters. The van der Waals surface area contributed by atoms with Crippen LogP contribution in [-0.4, -0.2) is 15.0 Å². The third kappa shape index (κ3) is 1.58. The van der Waals surface area contributed by atoms with E-state index in [1.54, 1.807) is 18.6 Å². The number of nitrogens with two attached hydrogens (primary N) is 1. The molecule has 2 aromatic rings. The minimum absolute atomic E-state index is 0.464. The molecule has 2 heterocycles. The third-order valence-corrected chi connectivity index (χ3v) is 2.62. The number of anilines is 1. The highest BCUT2D eigenvalue weighted by Gasteiger charge is 2.06. The highest BCUT2D eigenvalue weighted by atomic mass is 79.9. The molecule has 14 heavy (non-hydrogen) atoms. The van der Waals surface area contributed by atoms with Crippen LogP contribution in [0.3, 0.4) is 0 Å². The van der Waals surface area contributed by atoms with Crippen LogP contribution in [0, 0.1) is 0 Å². The second kappa shape index (κ2) is 3.71. The lowest BCUT2D eigenvalue weighted by atomic mass is 10.1. The Morgan fingerprint density at radius 3 is 2.64 bits per heavy atom. The Morgan fingerprint density at radius 1 is 1.21 bits per heavy atom. The fourth-order valence-corrected chi connectivity index (χ4v) is 1.58. The normalized spacial score (nSPS) is 10.1. The van der Waals surface area contributed by atoms with E-state index in [9.17, 15) is 0 Å². The van der Waals surface area contributed by atoms with Gasteiger partial charge >= 0.3 is 0 Å². The molecular weight excluding hydrogens is 244 g/mol. The Hall–Kier alpha value is -1.49. The average molecular weight is 251 g/mol. The van der Waals surface area contributed by atoms with Crippen LogP contribution in [0.4, 0.5) is 5.82 Å². The van der Waals surface area contributed by atoms with Crippen molar-refractivity contribution in [3.8, 4) is 11.1 Å². The minimum atomic E-state index is 0.464. The van der Waals surface area contributed by atoms with Crippen LogP contribution >= 0.6 is 15.9 Å². The summed E-state index contributed by atoms with van der Waals surface area (Å²) in [7, 11) is 0. The van der Waals surface area contributed by atoms with Gasteiger partial charge in [-0.2, -0.15) is 0 Å². The van der Waals surface area contributed by atoms with Crippen molar-refractivity contribution in [3.63, 3.8) is 0 Å². The third-order valence-electron chi connectivity index (χ3n) is 1.79. The summed E-state index contributed by atoms with van der Waals surface area (Å²) in [5.41, 5.74) is 7.51. The molecule has 2 N–H and O–H groups in total. The first-order valence-electron chi connectivity index (χ1n) is 3.94. The van der Waals surface area contributed by atoms with E-state index in [1.807, 2.05) is 6.07 Å². The molecule has 0 saturated carbocycles. The van der Waals surface area contributed by atoms with Gasteiger partial charge in [-0.15, -0.1) is 0 Å². The lowest BCUT2D eigenvalue weighted by Crippen LogP contribution is -1.93. The van der Waals surface area contributed by atoms with Crippen LogP contribution in [0.5, 0.6) is 0 Å². The maximum atomic E-state index is 5.66. The summed E-state index contributed by atoms with van der Waals surface area (Å²) in [6.45, 7) is 0. The van der Waals surface area contributed by atoms with Gasteiger partial charge in [-0.3, -0.25) is 0 Å². The summed E-state index contributed by atoms with van der Waals surface area (Å²) in [5.74, 6) is 0.464. The van der Waals surface area contributed by atoms with Gasteiger partial charge in [-0.1, -0.05) is 0 Å². The summed E-state index contributed by atoms with van der Waals surface area (Å²) >= 11 is 3.37. The predicted octanol–water partition coefficient (Wildman–Crippen LogP) is 1.88. The molecule has 0 fully saturated rings. The van der Waals surface area contributed by atoms with E-state index < -0.39 is 0 Å². The second-order valence-electron chi connectivity index (χ2n) is 2.68. The molecule has 4 nitrogen and oxygen atoms in total. The molecule has 0 radical (unpaired) electrons. The Morgan fingerprint density at radius 2 is 1.93 bits per heavy atom. The second-order valence-corrected chi connectivity index (χ2v) is 3.48. The minimum Gasteiger partial charge on any atom is -0.383 e. The molecule has 0 bridgehead atoms. The summed E-state index contributed by atoms with van der Waals surface area (Å²) in [4.78, 5) is 11.8. The van der Waals surface area contributed by atoms with Crippen LogP contribution < -0.4 is 5.73 Å². The van der Waals surface area contributed by atoms with Crippen molar-refractivity contribution in [2.75, 3.05) is 5.73 Å². The Bertz CT molecular complexity index is 444. The zero-order valence-electron chi connectivity index (χ0n) is 7.18. The smallest absolute Gasteiger partial charge is 0.138 e. The molecule has 2 aromatic heterocycles. The molecule has 0 aliphatic rings. The Balaban J connectivity index is 2.58. The fourth-order valence-electron chi connectivity index (χ4n) is 1.12. The first-order chi connectivity index (χ1) is 6.79. The number of halogens is 1. The van der Waals surface area contributed by atoms with E-state index in [0.717, 1.165) is 15.6 Å². The number of nitrogens with zero attached hydrogens (tertiary/aromatic N) is 3. The van der Waals surface area contributed by atoms with Crippen molar-refractivity contribution < 1.29 is 0 Å². The first kappa shape index (κ1) is 9.08. The zero-order chi connectivity index (χ0) is 9.97. The molecule has 0 aromatic carbocycles. The SMILES string of the molecule is Nc1nccc(-c2cncnc2)c1Br. The number of pyridine rings is 1. The molecule has 0 saturated heterocycles. The Kier molecular flexibility index (Phi) is 2.41. The number of hydrogen-bond donors (Lipinski definition) is 1. The van der Waals surface area contributed by atoms with E-state index in [0.29, 0.717) is 5.82 Å². The van der Waals surface area contributed by atoms with Gasteiger partial charge in [0.25, 0.3) is 0 Å². The largest absolute Gasteiger partial charge is 0.383 e. The van der Waals surface area contributed by atoms with E-state index in [4.69, 9.17) is 5.73 Å². The number of nitrogen functional groups attached to an aromatic ring is 1. The lowest BCUT2D eigenvalue weighted by Gasteiger charge is -2.04. The van der Waals surface area contributed by atoms with Crippen LogP contribution in [0.1, 0.15) is 0 Å².